The first-order valence-corrected chi connectivity index (χ1v) is 7.98. The monoisotopic (exact) mass is 375 g/mol. The Bertz CT molecular complexity index is 715. The molecule has 2 aromatic rings. The number of para-hydroxylation sites is 1. The molecule has 0 aliphatic heterocycles. The molecule has 0 unspecified atom stereocenters. The maximum Gasteiger partial charge on any atom is 0.260 e. The summed E-state index contributed by atoms with van der Waals surface area (Å²) in [5, 5.41) is 0. The number of carbonyl (C=O) groups is 2. The van der Waals surface area contributed by atoms with Gasteiger partial charge >= 0.3 is 0 Å². The van der Waals surface area contributed by atoms with E-state index in [9.17, 15) is 9.59 Å². The zero-order chi connectivity index (χ0) is 16.8. The summed E-state index contributed by atoms with van der Waals surface area (Å²) in [6.45, 7) is 1.85. The van der Waals surface area contributed by atoms with Crippen molar-refractivity contribution in [1.82, 2.24) is 4.90 Å². The van der Waals surface area contributed by atoms with Crippen LogP contribution in [0, 0.1) is 0 Å². The zero-order valence-electron chi connectivity index (χ0n) is 13.1. The maximum atomic E-state index is 12.2. The highest BCUT2D eigenvalue weighted by atomic mass is 79.9. The number of hydrogen-bond acceptors (Lipinski definition) is 3. The third kappa shape index (κ3) is 4.66. The van der Waals surface area contributed by atoms with E-state index in [1.165, 1.54) is 6.92 Å². The summed E-state index contributed by atoms with van der Waals surface area (Å²) in [4.78, 5) is 25.4. The van der Waals surface area contributed by atoms with Crippen molar-refractivity contribution >= 4 is 27.6 Å². The third-order valence-electron chi connectivity index (χ3n) is 3.41. The molecule has 5 heteroatoms. The number of nitrogens with zero attached hydrogens (tertiary/aromatic N) is 1. The number of ketones is 1. The summed E-state index contributed by atoms with van der Waals surface area (Å²) in [6.07, 6.45) is 0. The molecule has 120 valence electrons. The Balaban J connectivity index is 1.97. The summed E-state index contributed by atoms with van der Waals surface area (Å²) < 4.78 is 6.49. The molecule has 0 atom stereocenters. The predicted octanol–water partition coefficient (Wildman–Crippen LogP) is 3.69. The lowest BCUT2D eigenvalue weighted by atomic mass is 10.1. The normalized spacial score (nSPS) is 10.2. The molecule has 0 bridgehead atoms. The lowest BCUT2D eigenvalue weighted by molar-refractivity contribution is -0.132. The third-order valence-corrected chi connectivity index (χ3v) is 4.18. The van der Waals surface area contributed by atoms with Gasteiger partial charge in [-0.15, -0.1) is 0 Å². The van der Waals surface area contributed by atoms with Gasteiger partial charge in [-0.2, -0.15) is 0 Å². The fraction of sp³-hybridized carbons (Fsp3) is 0.222. The molecule has 0 saturated heterocycles. The van der Waals surface area contributed by atoms with Crippen LogP contribution >= 0.6 is 15.9 Å². The largest absolute Gasteiger partial charge is 0.483 e. The average molecular weight is 376 g/mol. The smallest absolute Gasteiger partial charge is 0.260 e. The highest BCUT2D eigenvalue weighted by Crippen LogP contribution is 2.19. The van der Waals surface area contributed by atoms with Gasteiger partial charge in [-0.05, 0) is 30.7 Å². The van der Waals surface area contributed by atoms with Crippen LogP contribution in [0.4, 0.5) is 0 Å². The Morgan fingerprint density at radius 2 is 1.74 bits per heavy atom. The minimum absolute atomic E-state index is 0.0883. The molecule has 2 aromatic carbocycles. The number of rotatable bonds is 6. The molecule has 4 nitrogen and oxygen atoms in total. The summed E-state index contributed by atoms with van der Waals surface area (Å²) >= 11 is 3.47. The summed E-state index contributed by atoms with van der Waals surface area (Å²) in [6, 6.07) is 14.7. The Morgan fingerprint density at radius 3 is 2.43 bits per heavy atom. The summed E-state index contributed by atoms with van der Waals surface area (Å²) in [5.41, 5.74) is 1.50. The second kappa shape index (κ2) is 7.92. The maximum absolute atomic E-state index is 12.2. The number of halogens is 1. The number of ether oxygens (including phenoxy) is 1. The minimum atomic E-state index is -0.154. The van der Waals surface area contributed by atoms with E-state index in [1.807, 2.05) is 24.3 Å². The molecule has 0 N–H and O–H groups in total. The summed E-state index contributed by atoms with van der Waals surface area (Å²) in [7, 11) is 1.72. The van der Waals surface area contributed by atoms with Gasteiger partial charge in [-0.25, -0.2) is 0 Å². The van der Waals surface area contributed by atoms with Crippen molar-refractivity contribution in [3.8, 4) is 5.75 Å². The zero-order valence-corrected chi connectivity index (χ0v) is 14.7. The summed E-state index contributed by atoms with van der Waals surface area (Å²) in [5.74, 6) is 0.191. The van der Waals surface area contributed by atoms with Crippen molar-refractivity contribution in [2.24, 2.45) is 0 Å². The Morgan fingerprint density at radius 1 is 1.09 bits per heavy atom. The van der Waals surface area contributed by atoms with E-state index in [0.717, 1.165) is 10.0 Å². The fourth-order valence-electron chi connectivity index (χ4n) is 2.10. The van der Waals surface area contributed by atoms with Crippen LogP contribution in [0.25, 0.3) is 0 Å². The molecule has 23 heavy (non-hydrogen) atoms. The number of benzene rings is 2. The first kappa shape index (κ1) is 17.2. The molecule has 0 fully saturated rings. The highest BCUT2D eigenvalue weighted by Gasteiger charge is 2.13. The predicted molar refractivity (Wildman–Crippen MR) is 92.6 cm³/mol. The molecule has 0 heterocycles. The van der Waals surface area contributed by atoms with E-state index >= 15 is 0 Å². The van der Waals surface area contributed by atoms with Gasteiger partial charge in [-0.1, -0.05) is 46.3 Å². The van der Waals surface area contributed by atoms with Crippen LogP contribution in [0.2, 0.25) is 0 Å². The van der Waals surface area contributed by atoms with E-state index in [4.69, 9.17) is 4.74 Å². The number of hydrogen-bond donors (Lipinski definition) is 0. The van der Waals surface area contributed by atoms with E-state index in [0.29, 0.717) is 17.9 Å². The lowest BCUT2D eigenvalue weighted by Crippen LogP contribution is -2.31. The first-order valence-electron chi connectivity index (χ1n) is 7.19. The van der Waals surface area contributed by atoms with Crippen molar-refractivity contribution in [2.75, 3.05) is 13.7 Å². The van der Waals surface area contributed by atoms with Crippen molar-refractivity contribution in [1.29, 1.82) is 0 Å². The number of carbonyl (C=O) groups excluding carboxylic acids is 2. The van der Waals surface area contributed by atoms with E-state index < -0.39 is 0 Å². The van der Waals surface area contributed by atoms with Gasteiger partial charge in [0.25, 0.3) is 5.91 Å². The van der Waals surface area contributed by atoms with Crippen LogP contribution in [0.1, 0.15) is 22.8 Å². The van der Waals surface area contributed by atoms with Crippen LogP contribution < -0.4 is 4.74 Å². The second-order valence-corrected chi connectivity index (χ2v) is 6.04. The molecule has 0 aromatic heterocycles. The van der Waals surface area contributed by atoms with Crippen LogP contribution in [0.5, 0.6) is 5.75 Å². The van der Waals surface area contributed by atoms with Crippen molar-refractivity contribution in [2.45, 2.75) is 13.5 Å². The van der Waals surface area contributed by atoms with Gasteiger partial charge in [-0.3, -0.25) is 9.59 Å². The van der Waals surface area contributed by atoms with Crippen LogP contribution in [0.3, 0.4) is 0 Å². The topological polar surface area (TPSA) is 46.6 Å². The molecule has 0 aliphatic carbocycles. The molecule has 0 saturated carbocycles. The van der Waals surface area contributed by atoms with Crippen LogP contribution in [-0.2, 0) is 11.3 Å². The fourth-order valence-corrected chi connectivity index (χ4v) is 2.51. The molecule has 0 radical (unpaired) electrons. The minimum Gasteiger partial charge on any atom is -0.483 e. The first-order chi connectivity index (χ1) is 11.0. The average Bonchev–Trinajstić information content (AvgIpc) is 2.54. The molecule has 1 amide bonds. The van der Waals surface area contributed by atoms with Crippen molar-refractivity contribution in [3.05, 3.63) is 64.1 Å². The van der Waals surface area contributed by atoms with Gasteiger partial charge in [0.1, 0.15) is 5.75 Å². The van der Waals surface area contributed by atoms with Gasteiger partial charge in [0, 0.05) is 18.1 Å². The van der Waals surface area contributed by atoms with Crippen LogP contribution in [0.15, 0.2) is 53.0 Å². The molecular formula is C18H18BrNO3. The lowest BCUT2D eigenvalue weighted by Gasteiger charge is -2.18. The van der Waals surface area contributed by atoms with Gasteiger partial charge < -0.3 is 9.64 Å². The van der Waals surface area contributed by atoms with Crippen LogP contribution in [-0.4, -0.2) is 30.2 Å². The number of likely N-dealkylation sites (N-methyl/N-ethyl adjacent to an activating group) is 1. The van der Waals surface area contributed by atoms with Gasteiger partial charge in [0.15, 0.2) is 12.4 Å². The SMILES string of the molecule is CC(=O)c1ccccc1OCC(=O)N(C)Cc1ccccc1Br. The van der Waals surface area contributed by atoms with Gasteiger partial charge in [0.05, 0.1) is 5.56 Å². The van der Waals surface area contributed by atoms with Gasteiger partial charge in [0.2, 0.25) is 0 Å². The Kier molecular flexibility index (Phi) is 5.93. The van der Waals surface area contributed by atoms with E-state index in [2.05, 4.69) is 15.9 Å². The highest BCUT2D eigenvalue weighted by molar-refractivity contribution is 9.10. The van der Waals surface area contributed by atoms with E-state index in [-0.39, 0.29) is 18.3 Å². The Labute approximate surface area is 144 Å². The van der Waals surface area contributed by atoms with E-state index in [1.54, 1.807) is 36.2 Å². The van der Waals surface area contributed by atoms with Crippen molar-refractivity contribution < 1.29 is 14.3 Å². The Hall–Kier alpha value is -2.14. The quantitative estimate of drug-likeness (QED) is 0.723. The standard InChI is InChI=1S/C18H18BrNO3/c1-13(21)15-8-4-6-10-17(15)23-12-18(22)20(2)11-14-7-3-5-9-16(14)19/h3-10H,11-12H2,1-2H3. The molecule has 2 rings (SSSR count). The molecular weight excluding hydrogens is 358 g/mol. The number of Topliss-reactive ketones (excluding diaryl/α,β-unsaturated/α-hetero) is 1. The van der Waals surface area contributed by atoms with Crippen molar-refractivity contribution in [3.63, 3.8) is 0 Å². The second-order valence-electron chi connectivity index (χ2n) is 5.18. The number of amides is 1. The molecule has 0 spiro atoms. The molecule has 0 aliphatic rings.